The van der Waals surface area contributed by atoms with E-state index in [0.29, 0.717) is 18.4 Å². The molecule has 1 aromatic heterocycles. The highest BCUT2D eigenvalue weighted by Gasteiger charge is 2.53. The largest absolute Gasteiger partial charge is 0.534 e. The van der Waals surface area contributed by atoms with Crippen LogP contribution in [-0.2, 0) is 26.3 Å². The summed E-state index contributed by atoms with van der Waals surface area (Å²) in [5.41, 5.74) is -6.67. The minimum atomic E-state index is -6.30. The second-order valence-electron chi connectivity index (χ2n) is 9.30. The minimum Gasteiger partial charge on any atom is -0.477 e. The molecule has 15 heteroatoms. The van der Waals surface area contributed by atoms with Gasteiger partial charge in [-0.15, -0.1) is 0 Å². The number of alkyl halides is 3. The lowest BCUT2D eigenvalue weighted by atomic mass is 9.80. The Morgan fingerprint density at radius 3 is 2.36 bits per heavy atom. The molecule has 1 aromatic carbocycles. The minimum absolute atomic E-state index is 0.110. The first-order chi connectivity index (χ1) is 18.2. The van der Waals surface area contributed by atoms with Crippen molar-refractivity contribution in [3.63, 3.8) is 0 Å². The third-order valence-electron chi connectivity index (χ3n) is 6.55. The molecule has 39 heavy (non-hydrogen) atoms. The molecule has 2 aromatic rings. The van der Waals surface area contributed by atoms with Crippen LogP contribution < -0.4 is 14.4 Å². The molecule has 4 rings (SSSR count). The molecule has 0 bridgehead atoms. The van der Waals surface area contributed by atoms with Crippen LogP contribution >= 0.6 is 0 Å². The third kappa shape index (κ3) is 5.77. The number of anilines is 1. The summed E-state index contributed by atoms with van der Waals surface area (Å²) in [6.45, 7) is 2.69. The number of benzene rings is 1. The normalized spacial score (nSPS) is 21.1. The Balaban J connectivity index is 1.82. The zero-order valence-corrected chi connectivity index (χ0v) is 21.5. The number of hydrogen-bond acceptors (Lipinski definition) is 8. The highest BCUT2D eigenvalue weighted by molar-refractivity contribution is 7.88. The SMILES string of the molecule is CC(=O)N1c2c(cc(C(=O)O)nc2OS(=O)(=O)C(F)(F)F)C(NC(=O)OCc2ccccc2)C(C)C1C1CC1. The van der Waals surface area contributed by atoms with Crippen molar-refractivity contribution >= 4 is 33.8 Å². The smallest absolute Gasteiger partial charge is 0.477 e. The number of ether oxygens (including phenoxy) is 1. The van der Waals surface area contributed by atoms with E-state index in [-0.39, 0.29) is 18.1 Å². The molecular formula is C24H24F3N3O8S. The molecule has 3 unspecified atom stereocenters. The van der Waals surface area contributed by atoms with Crippen LogP contribution in [0.5, 0.6) is 5.88 Å². The number of carboxylic acids is 1. The van der Waals surface area contributed by atoms with Crippen molar-refractivity contribution in [1.29, 1.82) is 0 Å². The third-order valence-corrected chi connectivity index (χ3v) is 7.49. The average Bonchev–Trinajstić information content (AvgIpc) is 3.68. The van der Waals surface area contributed by atoms with Gasteiger partial charge in [-0.2, -0.15) is 21.6 Å². The van der Waals surface area contributed by atoms with E-state index >= 15 is 0 Å². The Labute approximate surface area is 221 Å². The summed E-state index contributed by atoms with van der Waals surface area (Å²) in [7, 11) is -6.30. The van der Waals surface area contributed by atoms with Crippen molar-refractivity contribution in [3.05, 3.63) is 53.2 Å². The summed E-state index contributed by atoms with van der Waals surface area (Å²) in [5.74, 6) is -4.31. The van der Waals surface area contributed by atoms with Gasteiger partial charge in [-0.25, -0.2) is 14.6 Å². The molecule has 11 nitrogen and oxygen atoms in total. The summed E-state index contributed by atoms with van der Waals surface area (Å²) in [4.78, 5) is 42.0. The first kappa shape index (κ1) is 28.1. The van der Waals surface area contributed by atoms with E-state index in [9.17, 15) is 41.1 Å². The van der Waals surface area contributed by atoms with Crippen LogP contribution in [0.15, 0.2) is 36.4 Å². The van der Waals surface area contributed by atoms with Crippen LogP contribution in [-0.4, -0.2) is 48.0 Å². The van der Waals surface area contributed by atoms with E-state index in [4.69, 9.17) is 4.74 Å². The summed E-state index contributed by atoms with van der Waals surface area (Å²) < 4.78 is 73.0. The molecule has 1 aliphatic heterocycles. The van der Waals surface area contributed by atoms with Crippen molar-refractivity contribution < 1.29 is 50.0 Å². The number of amides is 2. The van der Waals surface area contributed by atoms with Crippen molar-refractivity contribution in [2.45, 2.75) is 50.9 Å². The number of aromatic nitrogens is 1. The molecule has 3 atom stereocenters. The topological polar surface area (TPSA) is 152 Å². The summed E-state index contributed by atoms with van der Waals surface area (Å²) in [5, 5.41) is 12.2. The first-order valence-electron chi connectivity index (χ1n) is 11.8. The fraction of sp³-hybridized carbons (Fsp3) is 0.417. The number of hydrogen-bond donors (Lipinski definition) is 2. The van der Waals surface area contributed by atoms with Crippen LogP contribution in [0.1, 0.15) is 54.3 Å². The molecule has 1 aliphatic carbocycles. The summed E-state index contributed by atoms with van der Waals surface area (Å²) in [6, 6.07) is 7.86. The van der Waals surface area contributed by atoms with Crippen molar-refractivity contribution in [2.24, 2.45) is 11.8 Å². The lowest BCUT2D eigenvalue weighted by molar-refractivity contribution is -0.117. The molecule has 2 N–H and O–H groups in total. The number of carbonyl (C=O) groups is 3. The Bertz CT molecular complexity index is 1400. The Morgan fingerprint density at radius 2 is 1.82 bits per heavy atom. The standard InChI is InChI=1S/C24H24F3N3O8S/c1-12-18(29-23(34)37-11-14-6-4-3-5-7-14)16-10-17(22(32)33)28-21(38-39(35,36)24(25,26)27)20(16)30(13(2)31)19(12)15-8-9-15/h3-7,10,12,15,18-19H,8-9,11H2,1-2H3,(H,29,34)(H,32,33). The zero-order valence-electron chi connectivity index (χ0n) is 20.6. The van der Waals surface area contributed by atoms with Gasteiger partial charge in [0.2, 0.25) is 5.91 Å². The predicted octanol–water partition coefficient (Wildman–Crippen LogP) is 3.76. The van der Waals surface area contributed by atoms with Gasteiger partial charge in [0.15, 0.2) is 5.69 Å². The molecule has 1 fully saturated rings. The zero-order chi connectivity index (χ0) is 28.7. The first-order valence-corrected chi connectivity index (χ1v) is 13.2. The highest BCUT2D eigenvalue weighted by Crippen LogP contribution is 2.52. The number of nitrogens with zero attached hydrogens (tertiary/aromatic N) is 2. The van der Waals surface area contributed by atoms with Crippen LogP contribution in [0, 0.1) is 11.8 Å². The van der Waals surface area contributed by atoms with Crippen molar-refractivity contribution in [2.75, 3.05) is 4.90 Å². The van der Waals surface area contributed by atoms with Gasteiger partial charge < -0.3 is 24.2 Å². The molecule has 2 aliphatic rings. The average molecular weight is 572 g/mol. The number of carbonyl (C=O) groups excluding carboxylic acids is 2. The van der Waals surface area contributed by atoms with Gasteiger partial charge in [0.25, 0.3) is 5.88 Å². The predicted molar refractivity (Wildman–Crippen MR) is 128 cm³/mol. The van der Waals surface area contributed by atoms with Crippen molar-refractivity contribution in [3.8, 4) is 5.88 Å². The fourth-order valence-electron chi connectivity index (χ4n) is 4.74. The Kier molecular flexibility index (Phi) is 7.47. The maximum atomic E-state index is 13.2. The maximum absolute atomic E-state index is 13.2. The van der Waals surface area contributed by atoms with E-state index in [0.717, 1.165) is 17.9 Å². The second kappa shape index (κ2) is 10.4. The Morgan fingerprint density at radius 1 is 1.18 bits per heavy atom. The van der Waals surface area contributed by atoms with Gasteiger partial charge in [0, 0.05) is 24.4 Å². The van der Waals surface area contributed by atoms with E-state index in [1.807, 2.05) is 0 Å². The van der Waals surface area contributed by atoms with Gasteiger partial charge >= 0.3 is 27.7 Å². The van der Waals surface area contributed by atoms with E-state index < -0.39 is 68.9 Å². The molecular weight excluding hydrogens is 547 g/mol. The van der Waals surface area contributed by atoms with Gasteiger partial charge in [-0.1, -0.05) is 37.3 Å². The molecule has 2 amide bonds. The van der Waals surface area contributed by atoms with Gasteiger partial charge in [-0.05, 0) is 30.4 Å². The number of pyridine rings is 1. The highest BCUT2D eigenvalue weighted by atomic mass is 32.2. The summed E-state index contributed by atoms with van der Waals surface area (Å²) in [6.07, 6.45) is 0.403. The summed E-state index contributed by atoms with van der Waals surface area (Å²) >= 11 is 0. The fourth-order valence-corrected chi connectivity index (χ4v) is 5.16. The number of fused-ring (bicyclic) bond motifs is 1. The monoisotopic (exact) mass is 571 g/mol. The van der Waals surface area contributed by atoms with E-state index in [1.165, 1.54) is 0 Å². The maximum Gasteiger partial charge on any atom is 0.534 e. The molecule has 0 saturated heterocycles. The quantitative estimate of drug-likeness (QED) is 0.374. The van der Waals surface area contributed by atoms with Crippen LogP contribution in [0.3, 0.4) is 0 Å². The molecule has 0 radical (unpaired) electrons. The van der Waals surface area contributed by atoms with Crippen LogP contribution in [0.2, 0.25) is 0 Å². The number of halogens is 3. The van der Waals surface area contributed by atoms with Crippen molar-refractivity contribution in [1.82, 2.24) is 10.3 Å². The number of carboxylic acid groups (broad SMARTS) is 1. The number of alkyl carbamates (subject to hydrolysis) is 1. The van der Waals surface area contributed by atoms with Crippen LogP contribution in [0.4, 0.5) is 23.7 Å². The molecule has 2 heterocycles. The molecule has 210 valence electrons. The van der Waals surface area contributed by atoms with E-state index in [1.54, 1.807) is 37.3 Å². The lowest BCUT2D eigenvalue weighted by Crippen LogP contribution is -2.53. The second-order valence-corrected chi connectivity index (χ2v) is 10.8. The van der Waals surface area contributed by atoms with Crippen LogP contribution in [0.25, 0.3) is 0 Å². The molecule has 0 spiro atoms. The van der Waals surface area contributed by atoms with Gasteiger partial charge in [-0.3, -0.25) is 4.79 Å². The lowest BCUT2D eigenvalue weighted by Gasteiger charge is -2.45. The number of aromatic carboxylic acids is 1. The Hall–Kier alpha value is -3.88. The van der Waals surface area contributed by atoms with Gasteiger partial charge in [0.05, 0.1) is 6.04 Å². The molecule has 1 saturated carbocycles. The number of nitrogens with one attached hydrogen (secondary N) is 1. The number of rotatable bonds is 7. The van der Waals surface area contributed by atoms with E-state index in [2.05, 4.69) is 14.5 Å². The van der Waals surface area contributed by atoms with Gasteiger partial charge in [0.1, 0.15) is 12.3 Å².